The Morgan fingerprint density at radius 2 is 1.42 bits per heavy atom. The smallest absolute Gasteiger partial charge is 0.123 e. The molecule has 126 valence electrons. The van der Waals surface area contributed by atoms with Crippen molar-refractivity contribution in [2.75, 3.05) is 6.67 Å². The Morgan fingerprint density at radius 1 is 0.833 bits per heavy atom. The van der Waals surface area contributed by atoms with Crippen LogP contribution in [0.2, 0.25) is 0 Å². The minimum Gasteiger partial charge on any atom is -0.251 e. The first-order valence-electron chi connectivity index (χ1n) is 8.85. The van der Waals surface area contributed by atoms with Gasteiger partial charge in [0, 0.05) is 0 Å². The summed E-state index contributed by atoms with van der Waals surface area (Å²) in [5.41, 5.74) is 3.57. The van der Waals surface area contributed by atoms with Crippen LogP contribution >= 0.6 is 0 Å². The van der Waals surface area contributed by atoms with Crippen molar-refractivity contribution in [3.63, 3.8) is 0 Å². The average molecular weight is 326 g/mol. The number of halogens is 2. The summed E-state index contributed by atoms with van der Waals surface area (Å²) in [5.74, 6) is 1.04. The maximum atomic E-state index is 13.0. The zero-order chi connectivity index (χ0) is 16.8. The van der Waals surface area contributed by atoms with E-state index in [-0.39, 0.29) is 12.5 Å². The Morgan fingerprint density at radius 3 is 2.00 bits per heavy atom. The standard InChI is InChI=1S/C22H24F2/c23-16-2-1-3-17-4-6-18(7-5-17)19-8-10-20(11-9-19)21-12-14-22(24)15-13-21/h1,3,8-15,17-18H,2,4-7,16H2. The zero-order valence-electron chi connectivity index (χ0n) is 13.9. The molecule has 0 unspecified atom stereocenters. The maximum Gasteiger partial charge on any atom is 0.123 e. The molecule has 1 fully saturated rings. The SMILES string of the molecule is FCCC=CC1CCC(c2ccc(-c3ccc(F)cc3)cc2)CC1. The Balaban J connectivity index is 1.59. The number of allylic oxidation sites excluding steroid dienone is 2. The molecular formula is C22H24F2. The van der Waals surface area contributed by atoms with Crippen molar-refractivity contribution < 1.29 is 8.78 Å². The lowest BCUT2D eigenvalue weighted by Crippen LogP contribution is -2.11. The minimum atomic E-state index is -0.258. The molecule has 1 saturated carbocycles. The van der Waals surface area contributed by atoms with E-state index in [1.807, 2.05) is 18.2 Å². The molecule has 0 nitrogen and oxygen atoms in total. The third-order valence-corrected chi connectivity index (χ3v) is 5.02. The Labute approximate surface area is 143 Å². The van der Waals surface area contributed by atoms with Gasteiger partial charge in [0.25, 0.3) is 0 Å². The van der Waals surface area contributed by atoms with Crippen molar-refractivity contribution in [2.24, 2.45) is 5.92 Å². The van der Waals surface area contributed by atoms with Gasteiger partial charge in [-0.05, 0) is 72.8 Å². The summed E-state index contributed by atoms with van der Waals surface area (Å²) in [7, 11) is 0. The summed E-state index contributed by atoms with van der Waals surface area (Å²) >= 11 is 0. The van der Waals surface area contributed by atoms with Crippen LogP contribution in [0.5, 0.6) is 0 Å². The van der Waals surface area contributed by atoms with Gasteiger partial charge < -0.3 is 0 Å². The van der Waals surface area contributed by atoms with Crippen LogP contribution in [-0.2, 0) is 0 Å². The molecule has 0 bridgehead atoms. The molecule has 2 aromatic carbocycles. The Bertz CT molecular complexity index is 647. The van der Waals surface area contributed by atoms with Crippen LogP contribution in [0.3, 0.4) is 0 Å². The van der Waals surface area contributed by atoms with Crippen molar-refractivity contribution in [3.05, 3.63) is 72.1 Å². The van der Waals surface area contributed by atoms with Gasteiger partial charge in [-0.1, -0.05) is 48.6 Å². The molecule has 0 amide bonds. The molecule has 0 N–H and O–H groups in total. The van der Waals surface area contributed by atoms with Crippen LogP contribution in [0.4, 0.5) is 8.78 Å². The summed E-state index contributed by atoms with van der Waals surface area (Å²) in [6.07, 6.45) is 9.50. The lowest BCUT2D eigenvalue weighted by atomic mass is 9.78. The highest BCUT2D eigenvalue weighted by molar-refractivity contribution is 5.63. The average Bonchev–Trinajstić information content (AvgIpc) is 2.63. The molecule has 1 aliphatic carbocycles. The van der Waals surface area contributed by atoms with E-state index in [0.29, 0.717) is 18.3 Å². The van der Waals surface area contributed by atoms with E-state index in [9.17, 15) is 8.78 Å². The van der Waals surface area contributed by atoms with Crippen molar-refractivity contribution >= 4 is 0 Å². The molecule has 0 saturated heterocycles. The third-order valence-electron chi connectivity index (χ3n) is 5.02. The highest BCUT2D eigenvalue weighted by atomic mass is 19.1. The number of hydrogen-bond acceptors (Lipinski definition) is 0. The molecule has 0 spiro atoms. The van der Waals surface area contributed by atoms with Gasteiger partial charge in [0.05, 0.1) is 6.67 Å². The molecule has 0 aliphatic heterocycles. The second-order valence-electron chi connectivity index (χ2n) is 6.65. The molecule has 0 heterocycles. The lowest BCUT2D eigenvalue weighted by molar-refractivity contribution is 0.375. The summed E-state index contributed by atoms with van der Waals surface area (Å²) in [4.78, 5) is 0. The Kier molecular flexibility index (Phi) is 5.79. The molecule has 0 aromatic heterocycles. The minimum absolute atomic E-state index is 0.201. The van der Waals surface area contributed by atoms with Gasteiger partial charge in [-0.2, -0.15) is 0 Å². The van der Waals surface area contributed by atoms with E-state index in [0.717, 1.165) is 11.1 Å². The predicted octanol–water partition coefficient (Wildman–Crippen LogP) is 6.68. The van der Waals surface area contributed by atoms with Gasteiger partial charge in [0.1, 0.15) is 5.82 Å². The highest BCUT2D eigenvalue weighted by Crippen LogP contribution is 2.37. The monoisotopic (exact) mass is 326 g/mol. The number of hydrogen-bond donors (Lipinski definition) is 0. The molecule has 1 aliphatic rings. The fourth-order valence-corrected chi connectivity index (χ4v) is 3.59. The molecular weight excluding hydrogens is 302 g/mol. The largest absolute Gasteiger partial charge is 0.251 e. The highest BCUT2D eigenvalue weighted by Gasteiger charge is 2.20. The molecule has 2 aromatic rings. The fraction of sp³-hybridized carbons (Fsp3) is 0.364. The van der Waals surface area contributed by atoms with E-state index < -0.39 is 0 Å². The van der Waals surface area contributed by atoms with E-state index in [1.165, 1.54) is 43.4 Å². The molecule has 0 radical (unpaired) electrons. The van der Waals surface area contributed by atoms with Crippen LogP contribution in [0.1, 0.15) is 43.6 Å². The van der Waals surface area contributed by atoms with E-state index in [2.05, 4.69) is 30.3 Å². The van der Waals surface area contributed by atoms with Crippen molar-refractivity contribution in [1.82, 2.24) is 0 Å². The molecule has 0 atom stereocenters. The van der Waals surface area contributed by atoms with Crippen LogP contribution in [-0.4, -0.2) is 6.67 Å². The zero-order valence-corrected chi connectivity index (χ0v) is 13.9. The van der Waals surface area contributed by atoms with Gasteiger partial charge >= 0.3 is 0 Å². The summed E-state index contributed by atoms with van der Waals surface area (Å²) in [5, 5.41) is 0. The summed E-state index contributed by atoms with van der Waals surface area (Å²) < 4.78 is 25.2. The normalized spacial score (nSPS) is 21.2. The van der Waals surface area contributed by atoms with Gasteiger partial charge in [-0.25, -0.2) is 4.39 Å². The maximum absolute atomic E-state index is 13.0. The number of rotatable bonds is 5. The van der Waals surface area contributed by atoms with Gasteiger partial charge in [-0.15, -0.1) is 0 Å². The quantitative estimate of drug-likeness (QED) is 0.537. The van der Waals surface area contributed by atoms with Crippen LogP contribution in [0, 0.1) is 11.7 Å². The first-order chi connectivity index (χ1) is 11.8. The number of benzene rings is 2. The summed E-state index contributed by atoms with van der Waals surface area (Å²) in [6, 6.07) is 15.3. The van der Waals surface area contributed by atoms with Gasteiger partial charge in [0.15, 0.2) is 0 Å². The molecule has 2 heteroatoms. The van der Waals surface area contributed by atoms with E-state index in [1.54, 1.807) is 0 Å². The first-order valence-corrected chi connectivity index (χ1v) is 8.85. The van der Waals surface area contributed by atoms with Gasteiger partial charge in [-0.3, -0.25) is 4.39 Å². The first kappa shape index (κ1) is 16.9. The van der Waals surface area contributed by atoms with E-state index >= 15 is 0 Å². The fourth-order valence-electron chi connectivity index (χ4n) is 3.59. The van der Waals surface area contributed by atoms with Crippen molar-refractivity contribution in [2.45, 2.75) is 38.0 Å². The van der Waals surface area contributed by atoms with E-state index in [4.69, 9.17) is 0 Å². The third kappa shape index (κ3) is 4.31. The summed E-state index contributed by atoms with van der Waals surface area (Å²) in [6.45, 7) is -0.258. The molecule has 3 rings (SSSR count). The second-order valence-corrected chi connectivity index (χ2v) is 6.65. The molecule has 24 heavy (non-hydrogen) atoms. The Hall–Kier alpha value is -1.96. The second kappa shape index (κ2) is 8.23. The predicted molar refractivity (Wildman–Crippen MR) is 96.3 cm³/mol. The topological polar surface area (TPSA) is 0 Å². The van der Waals surface area contributed by atoms with Crippen molar-refractivity contribution in [1.29, 1.82) is 0 Å². The van der Waals surface area contributed by atoms with Crippen LogP contribution in [0.15, 0.2) is 60.7 Å². The van der Waals surface area contributed by atoms with Crippen molar-refractivity contribution in [3.8, 4) is 11.1 Å². The lowest BCUT2D eigenvalue weighted by Gasteiger charge is -2.27. The van der Waals surface area contributed by atoms with Gasteiger partial charge in [0.2, 0.25) is 0 Å². The number of alkyl halides is 1. The van der Waals surface area contributed by atoms with Crippen LogP contribution in [0.25, 0.3) is 11.1 Å². The van der Waals surface area contributed by atoms with Crippen LogP contribution < -0.4 is 0 Å².